The number of piperidine rings is 1. The molecule has 1 aromatic rings. The minimum absolute atomic E-state index is 0.0344. The first-order valence-corrected chi connectivity index (χ1v) is 7.95. The van der Waals surface area contributed by atoms with Gasteiger partial charge in [-0.3, -0.25) is 9.69 Å². The Morgan fingerprint density at radius 1 is 1.50 bits per heavy atom. The van der Waals surface area contributed by atoms with Crippen LogP contribution in [-0.2, 0) is 4.74 Å². The number of amides is 2. The molecular formula is C14H19N5O5. The molecule has 1 N–H and O–H groups in total. The van der Waals surface area contributed by atoms with Crippen molar-refractivity contribution in [1.29, 1.82) is 0 Å². The number of hydrogen-bond donors (Lipinski definition) is 1. The van der Waals surface area contributed by atoms with Gasteiger partial charge in [0.1, 0.15) is 6.61 Å². The van der Waals surface area contributed by atoms with Crippen LogP contribution in [-0.4, -0.2) is 68.7 Å². The van der Waals surface area contributed by atoms with Gasteiger partial charge in [-0.25, -0.2) is 4.79 Å². The third-order valence-corrected chi connectivity index (χ3v) is 4.60. The molecule has 1 atom stereocenters. The number of hydrogen-bond acceptors (Lipinski definition) is 6. The molecule has 2 saturated heterocycles. The highest BCUT2D eigenvalue weighted by atomic mass is 16.6. The van der Waals surface area contributed by atoms with Gasteiger partial charge in [0.05, 0.1) is 12.1 Å². The van der Waals surface area contributed by atoms with Gasteiger partial charge in [0.2, 0.25) is 0 Å². The summed E-state index contributed by atoms with van der Waals surface area (Å²) < 4.78 is 5.12. The molecule has 2 fully saturated rings. The Labute approximate surface area is 137 Å². The van der Waals surface area contributed by atoms with Crippen LogP contribution in [0.2, 0.25) is 0 Å². The lowest BCUT2D eigenvalue weighted by Crippen LogP contribution is -2.49. The van der Waals surface area contributed by atoms with E-state index in [1.807, 2.05) is 6.92 Å². The van der Waals surface area contributed by atoms with E-state index < -0.39 is 4.92 Å². The second-order valence-electron chi connectivity index (χ2n) is 5.97. The molecule has 0 bridgehead atoms. The normalized spacial score (nSPS) is 21.9. The van der Waals surface area contributed by atoms with E-state index in [9.17, 15) is 19.7 Å². The number of H-pyrrole nitrogens is 1. The first-order valence-electron chi connectivity index (χ1n) is 7.95. The van der Waals surface area contributed by atoms with E-state index >= 15 is 0 Å². The molecule has 0 saturated carbocycles. The molecule has 0 spiro atoms. The zero-order valence-corrected chi connectivity index (χ0v) is 13.3. The van der Waals surface area contributed by atoms with Gasteiger partial charge in [-0.05, 0) is 24.2 Å². The Balaban J connectivity index is 1.61. The van der Waals surface area contributed by atoms with Crippen molar-refractivity contribution in [3.05, 3.63) is 21.9 Å². The van der Waals surface area contributed by atoms with E-state index in [-0.39, 0.29) is 35.6 Å². The molecule has 0 aromatic carbocycles. The van der Waals surface area contributed by atoms with Crippen LogP contribution in [0, 0.1) is 10.1 Å². The predicted octanol–water partition coefficient (Wildman–Crippen LogP) is 1.15. The van der Waals surface area contributed by atoms with Crippen LogP contribution in [0.1, 0.15) is 36.7 Å². The van der Waals surface area contributed by atoms with Gasteiger partial charge in [0.25, 0.3) is 5.91 Å². The van der Waals surface area contributed by atoms with Gasteiger partial charge in [0.15, 0.2) is 5.69 Å². The molecule has 2 amide bonds. The highest BCUT2D eigenvalue weighted by Crippen LogP contribution is 2.26. The molecule has 0 radical (unpaired) electrons. The number of aromatic amines is 1. The SMILES string of the molecule is CCC1COC(=O)N1C1CCN(C(=O)c2cc([N+](=O)[O-])[nH]n2)CC1. The highest BCUT2D eigenvalue weighted by Gasteiger charge is 2.39. The summed E-state index contributed by atoms with van der Waals surface area (Å²) in [5, 5.41) is 16.6. The van der Waals surface area contributed by atoms with Crippen molar-refractivity contribution in [1.82, 2.24) is 20.0 Å². The number of carbonyl (C=O) groups is 2. The van der Waals surface area contributed by atoms with Crippen molar-refractivity contribution in [2.24, 2.45) is 0 Å². The van der Waals surface area contributed by atoms with E-state index in [0.29, 0.717) is 32.5 Å². The number of ether oxygens (including phenoxy) is 1. The molecule has 10 nitrogen and oxygen atoms in total. The number of nitrogens with zero attached hydrogens (tertiary/aromatic N) is 4. The van der Waals surface area contributed by atoms with Crippen molar-refractivity contribution < 1.29 is 19.2 Å². The third kappa shape index (κ3) is 2.91. The molecule has 24 heavy (non-hydrogen) atoms. The number of nitrogens with one attached hydrogen (secondary N) is 1. The standard InChI is InChI=1S/C14H19N5O5/c1-2-9-8-24-14(21)18(9)10-3-5-17(6-4-10)13(20)11-7-12(16-15-11)19(22)23/h7,9-10H,2-6,8H2,1H3,(H,15,16). The summed E-state index contributed by atoms with van der Waals surface area (Å²) >= 11 is 0. The molecule has 1 unspecified atom stereocenters. The van der Waals surface area contributed by atoms with Gasteiger partial charge < -0.3 is 19.8 Å². The fourth-order valence-corrected chi connectivity index (χ4v) is 3.26. The number of rotatable bonds is 4. The highest BCUT2D eigenvalue weighted by molar-refractivity contribution is 5.92. The largest absolute Gasteiger partial charge is 0.447 e. The van der Waals surface area contributed by atoms with Gasteiger partial charge in [-0.2, -0.15) is 0 Å². The van der Waals surface area contributed by atoms with E-state index in [2.05, 4.69) is 10.2 Å². The molecule has 2 aliphatic heterocycles. The predicted molar refractivity (Wildman–Crippen MR) is 81.4 cm³/mol. The first-order chi connectivity index (χ1) is 11.5. The first kappa shape index (κ1) is 16.2. The summed E-state index contributed by atoms with van der Waals surface area (Å²) in [5.74, 6) is -0.646. The van der Waals surface area contributed by atoms with Gasteiger partial charge in [-0.1, -0.05) is 12.0 Å². The Kier molecular flexibility index (Phi) is 4.36. The van der Waals surface area contributed by atoms with Crippen LogP contribution >= 0.6 is 0 Å². The van der Waals surface area contributed by atoms with Crippen LogP contribution < -0.4 is 0 Å². The smallest absolute Gasteiger partial charge is 0.410 e. The molecule has 3 heterocycles. The number of cyclic esters (lactones) is 1. The van der Waals surface area contributed by atoms with Crippen LogP contribution in [0.15, 0.2) is 6.07 Å². The van der Waals surface area contributed by atoms with Crippen molar-refractivity contribution >= 4 is 17.8 Å². The van der Waals surface area contributed by atoms with Crippen LogP contribution in [0.3, 0.4) is 0 Å². The average Bonchev–Trinajstić information content (AvgIpc) is 3.21. The average molecular weight is 337 g/mol. The number of likely N-dealkylation sites (tertiary alicyclic amines) is 1. The van der Waals surface area contributed by atoms with Crippen LogP contribution in [0.4, 0.5) is 10.6 Å². The van der Waals surface area contributed by atoms with Gasteiger partial charge in [0, 0.05) is 19.1 Å². The maximum atomic E-state index is 12.4. The maximum Gasteiger partial charge on any atom is 0.410 e. The lowest BCUT2D eigenvalue weighted by Gasteiger charge is -2.37. The zero-order chi connectivity index (χ0) is 17.3. The zero-order valence-electron chi connectivity index (χ0n) is 13.3. The summed E-state index contributed by atoms with van der Waals surface area (Å²) in [6.07, 6.45) is 1.87. The van der Waals surface area contributed by atoms with E-state index in [1.54, 1.807) is 9.80 Å². The summed E-state index contributed by atoms with van der Waals surface area (Å²) in [4.78, 5) is 37.7. The van der Waals surface area contributed by atoms with E-state index in [0.717, 1.165) is 12.5 Å². The quantitative estimate of drug-likeness (QED) is 0.650. The molecule has 0 aliphatic carbocycles. The summed E-state index contributed by atoms with van der Waals surface area (Å²) in [5.41, 5.74) is 0.0344. The second kappa shape index (κ2) is 6.46. The third-order valence-electron chi connectivity index (χ3n) is 4.60. The van der Waals surface area contributed by atoms with E-state index in [4.69, 9.17) is 4.74 Å². The molecule has 10 heteroatoms. The Hall–Kier alpha value is -2.65. The lowest BCUT2D eigenvalue weighted by molar-refractivity contribution is -0.389. The monoisotopic (exact) mass is 337 g/mol. The Bertz CT molecular complexity index is 652. The van der Waals surface area contributed by atoms with Crippen molar-refractivity contribution in [3.63, 3.8) is 0 Å². The second-order valence-corrected chi connectivity index (χ2v) is 5.97. The fourth-order valence-electron chi connectivity index (χ4n) is 3.26. The van der Waals surface area contributed by atoms with Crippen LogP contribution in [0.5, 0.6) is 0 Å². The van der Waals surface area contributed by atoms with Crippen molar-refractivity contribution in [2.75, 3.05) is 19.7 Å². The minimum atomic E-state index is -0.625. The molecule has 1 aromatic heterocycles. The van der Waals surface area contributed by atoms with Gasteiger partial charge >= 0.3 is 11.9 Å². The Morgan fingerprint density at radius 3 is 2.79 bits per heavy atom. The summed E-state index contributed by atoms with van der Waals surface area (Å²) in [6.45, 7) is 3.39. The molecular weight excluding hydrogens is 318 g/mol. The number of carbonyl (C=O) groups excluding carboxylic acids is 2. The number of aromatic nitrogens is 2. The molecule has 2 aliphatic rings. The summed E-state index contributed by atoms with van der Waals surface area (Å²) in [6, 6.07) is 1.29. The molecule has 130 valence electrons. The number of nitro groups is 1. The fraction of sp³-hybridized carbons (Fsp3) is 0.643. The van der Waals surface area contributed by atoms with Gasteiger partial charge in [-0.15, -0.1) is 5.10 Å². The van der Waals surface area contributed by atoms with Crippen molar-refractivity contribution in [3.8, 4) is 0 Å². The van der Waals surface area contributed by atoms with Crippen molar-refractivity contribution in [2.45, 2.75) is 38.3 Å². The Morgan fingerprint density at radius 2 is 2.21 bits per heavy atom. The molecule has 3 rings (SSSR count). The maximum absolute atomic E-state index is 12.4. The minimum Gasteiger partial charge on any atom is -0.447 e. The lowest BCUT2D eigenvalue weighted by atomic mass is 10.0. The van der Waals surface area contributed by atoms with E-state index in [1.165, 1.54) is 0 Å². The topological polar surface area (TPSA) is 122 Å². The summed E-state index contributed by atoms with van der Waals surface area (Å²) in [7, 11) is 0. The van der Waals surface area contributed by atoms with Crippen LogP contribution in [0.25, 0.3) is 0 Å².